The SMILES string of the molecule is C[C@]([Si])(COCCC(=O)N1CCN2c3ncc(Cl)cc3OCC[C@H]2C1)Oc1cn[nH]c(=O)c1C(F)(F)F. The Morgan fingerprint density at radius 1 is 1.35 bits per heavy atom. The van der Waals surface area contributed by atoms with E-state index in [1.54, 1.807) is 22.3 Å². The molecule has 199 valence electrons. The van der Waals surface area contributed by atoms with Crippen LogP contribution in [0, 0.1) is 0 Å². The summed E-state index contributed by atoms with van der Waals surface area (Å²) in [7, 11) is 3.23. The van der Waals surface area contributed by atoms with E-state index in [9.17, 15) is 22.8 Å². The number of rotatable bonds is 7. The van der Waals surface area contributed by atoms with Gasteiger partial charge in [0.2, 0.25) is 5.91 Å². The molecule has 0 unspecified atom stereocenters. The van der Waals surface area contributed by atoms with Gasteiger partial charge in [-0.25, -0.2) is 10.1 Å². The van der Waals surface area contributed by atoms with Gasteiger partial charge >= 0.3 is 6.18 Å². The van der Waals surface area contributed by atoms with Crippen molar-refractivity contribution in [1.82, 2.24) is 20.1 Å². The average Bonchev–Trinajstić information content (AvgIpc) is 2.98. The maximum atomic E-state index is 13.2. The van der Waals surface area contributed by atoms with Crippen LogP contribution >= 0.6 is 11.6 Å². The lowest BCUT2D eigenvalue weighted by atomic mass is 10.1. The van der Waals surface area contributed by atoms with Gasteiger partial charge in [0.05, 0.1) is 53.7 Å². The van der Waals surface area contributed by atoms with Crippen molar-refractivity contribution in [2.45, 2.75) is 37.2 Å². The van der Waals surface area contributed by atoms with Crippen LogP contribution in [0.15, 0.2) is 23.3 Å². The Morgan fingerprint density at radius 3 is 2.89 bits per heavy atom. The monoisotopic (exact) mass is 558 g/mol. The number of alkyl halides is 3. The molecule has 2 aliphatic heterocycles. The number of amides is 1. The molecule has 1 N–H and O–H groups in total. The van der Waals surface area contributed by atoms with E-state index in [-0.39, 0.29) is 31.6 Å². The molecule has 4 heterocycles. The second-order valence-corrected chi connectivity index (χ2v) is 10.4. The van der Waals surface area contributed by atoms with E-state index in [4.69, 9.17) is 25.8 Å². The number of carbonyl (C=O) groups is 1. The summed E-state index contributed by atoms with van der Waals surface area (Å²) >= 11 is 6.03. The summed E-state index contributed by atoms with van der Waals surface area (Å²) in [6.07, 6.45) is -1.80. The molecule has 3 radical (unpaired) electrons. The summed E-state index contributed by atoms with van der Waals surface area (Å²) < 4.78 is 56.3. The lowest BCUT2D eigenvalue weighted by molar-refractivity contribution is -0.141. The fourth-order valence-electron chi connectivity index (χ4n) is 4.23. The number of piperazine rings is 1. The molecule has 15 heteroatoms. The number of fused-ring (bicyclic) bond motifs is 3. The third-order valence-corrected chi connectivity index (χ3v) is 6.35. The smallest absolute Gasteiger partial charge is 0.425 e. The minimum Gasteiger partial charge on any atom is -0.490 e. The third-order valence-electron chi connectivity index (χ3n) is 5.89. The number of nitrogens with one attached hydrogen (secondary N) is 1. The first-order valence-electron chi connectivity index (χ1n) is 11.4. The molecule has 0 aromatic carbocycles. The summed E-state index contributed by atoms with van der Waals surface area (Å²) in [5, 5.41) is 4.19. The van der Waals surface area contributed by atoms with Crippen molar-refractivity contribution in [3.05, 3.63) is 39.4 Å². The highest BCUT2D eigenvalue weighted by molar-refractivity contribution is 6.30. The normalized spacial score (nSPS) is 19.2. The van der Waals surface area contributed by atoms with Crippen LogP contribution in [0.25, 0.3) is 0 Å². The third kappa shape index (κ3) is 6.54. The van der Waals surface area contributed by atoms with Crippen molar-refractivity contribution in [2.24, 2.45) is 0 Å². The van der Waals surface area contributed by atoms with Crippen LogP contribution in [0.5, 0.6) is 11.5 Å². The molecule has 2 aromatic rings. The van der Waals surface area contributed by atoms with Gasteiger partial charge in [-0.1, -0.05) is 11.6 Å². The highest BCUT2D eigenvalue weighted by Crippen LogP contribution is 2.35. The van der Waals surface area contributed by atoms with Crippen LogP contribution in [0.2, 0.25) is 5.02 Å². The first-order valence-corrected chi connectivity index (χ1v) is 12.3. The fraction of sp³-hybridized carbons (Fsp3) is 0.545. The predicted molar refractivity (Wildman–Crippen MR) is 127 cm³/mol. The summed E-state index contributed by atoms with van der Waals surface area (Å²) in [5.74, 6) is 0.491. The van der Waals surface area contributed by atoms with Gasteiger partial charge in [-0.05, 0) is 6.92 Å². The Kier molecular flexibility index (Phi) is 7.99. The van der Waals surface area contributed by atoms with E-state index in [0.29, 0.717) is 49.3 Å². The number of nitrogens with zero attached hydrogens (tertiary/aromatic N) is 4. The van der Waals surface area contributed by atoms with Crippen LogP contribution in [0.4, 0.5) is 19.0 Å². The van der Waals surface area contributed by atoms with Crippen molar-refractivity contribution in [2.75, 3.05) is 44.4 Å². The second-order valence-electron chi connectivity index (χ2n) is 8.87. The number of hydrogen-bond donors (Lipinski definition) is 1. The Balaban J connectivity index is 1.27. The Morgan fingerprint density at radius 2 is 2.14 bits per heavy atom. The van der Waals surface area contributed by atoms with E-state index in [1.165, 1.54) is 6.92 Å². The van der Waals surface area contributed by atoms with Gasteiger partial charge in [0.15, 0.2) is 22.9 Å². The maximum absolute atomic E-state index is 13.2. The number of hydrogen-bond acceptors (Lipinski definition) is 8. The molecule has 1 fully saturated rings. The second kappa shape index (κ2) is 10.9. The summed E-state index contributed by atoms with van der Waals surface area (Å²) in [6.45, 7) is 3.32. The number of aromatic nitrogens is 3. The quantitative estimate of drug-likeness (QED) is 0.406. The molecular formula is C22H24ClF3N5O5Si. The summed E-state index contributed by atoms with van der Waals surface area (Å²) in [5.41, 5.74) is -2.91. The number of anilines is 1. The van der Waals surface area contributed by atoms with Crippen LogP contribution in [-0.2, 0) is 15.7 Å². The summed E-state index contributed by atoms with van der Waals surface area (Å²) in [4.78, 5) is 32.7. The number of carbonyl (C=O) groups excluding carboxylic acids is 1. The highest BCUT2D eigenvalue weighted by Gasteiger charge is 2.40. The zero-order valence-electron chi connectivity index (χ0n) is 19.8. The van der Waals surface area contributed by atoms with Gasteiger partial charge in [-0.2, -0.15) is 18.3 Å². The molecule has 0 spiro atoms. The molecule has 0 saturated carbocycles. The molecule has 2 aliphatic rings. The molecule has 1 amide bonds. The minimum absolute atomic E-state index is 0.0267. The molecule has 10 nitrogen and oxygen atoms in total. The van der Waals surface area contributed by atoms with Crippen molar-refractivity contribution >= 4 is 33.6 Å². The van der Waals surface area contributed by atoms with Crippen LogP contribution < -0.4 is 19.9 Å². The van der Waals surface area contributed by atoms with E-state index < -0.39 is 28.3 Å². The largest absolute Gasteiger partial charge is 0.490 e. The maximum Gasteiger partial charge on any atom is 0.425 e. The first kappa shape index (κ1) is 27.2. The lowest BCUT2D eigenvalue weighted by Crippen LogP contribution is -2.55. The number of aromatic amines is 1. The number of ether oxygens (including phenoxy) is 3. The Bertz CT molecular complexity index is 1200. The van der Waals surface area contributed by atoms with Gasteiger partial charge < -0.3 is 24.0 Å². The zero-order valence-corrected chi connectivity index (χ0v) is 21.6. The van der Waals surface area contributed by atoms with E-state index in [2.05, 4.69) is 25.2 Å². The van der Waals surface area contributed by atoms with Crippen LogP contribution in [-0.4, -0.2) is 87.0 Å². The first-order chi connectivity index (χ1) is 17.4. The molecule has 37 heavy (non-hydrogen) atoms. The van der Waals surface area contributed by atoms with Gasteiger partial charge in [-0.15, -0.1) is 0 Å². The van der Waals surface area contributed by atoms with Crippen molar-refractivity contribution < 1.29 is 32.2 Å². The highest BCUT2D eigenvalue weighted by atomic mass is 35.5. The molecule has 2 aromatic heterocycles. The van der Waals surface area contributed by atoms with Gasteiger partial charge in [0.25, 0.3) is 5.56 Å². The molecule has 0 aliphatic carbocycles. The van der Waals surface area contributed by atoms with Crippen LogP contribution in [0.1, 0.15) is 25.3 Å². The molecule has 1 saturated heterocycles. The van der Waals surface area contributed by atoms with Crippen molar-refractivity contribution in [3.8, 4) is 11.5 Å². The topological polar surface area (TPSA) is 110 Å². The van der Waals surface area contributed by atoms with E-state index in [0.717, 1.165) is 6.20 Å². The van der Waals surface area contributed by atoms with Gasteiger partial charge in [0, 0.05) is 38.3 Å². The van der Waals surface area contributed by atoms with Gasteiger partial charge in [-0.3, -0.25) is 9.59 Å². The number of pyridine rings is 1. The molecule has 4 rings (SSSR count). The van der Waals surface area contributed by atoms with Gasteiger partial charge in [0.1, 0.15) is 5.22 Å². The van der Waals surface area contributed by atoms with E-state index >= 15 is 0 Å². The predicted octanol–water partition coefficient (Wildman–Crippen LogP) is 2.01. The zero-order chi connectivity index (χ0) is 26.8. The lowest BCUT2D eigenvalue weighted by Gasteiger charge is -2.41. The van der Waals surface area contributed by atoms with Crippen molar-refractivity contribution in [3.63, 3.8) is 0 Å². The van der Waals surface area contributed by atoms with E-state index in [1.807, 2.05) is 0 Å². The average molecular weight is 559 g/mol. The Labute approximate surface area is 218 Å². The summed E-state index contributed by atoms with van der Waals surface area (Å²) in [6, 6.07) is 1.77. The molecule has 2 atom stereocenters. The van der Waals surface area contributed by atoms with Crippen LogP contribution in [0.3, 0.4) is 0 Å². The van der Waals surface area contributed by atoms with Crippen molar-refractivity contribution in [1.29, 1.82) is 0 Å². The number of halogens is 4. The Hall–Kier alpha value is -2.84. The molecule has 0 bridgehead atoms. The fourth-order valence-corrected chi connectivity index (χ4v) is 4.59. The standard InChI is InChI=1S/C22H24ClF3N5O5Si/c1-21(37,36-16-10-28-29-20(33)18(16)22(24,25)26)12-34-6-3-17(32)30-4-5-31-14(11-30)2-7-35-15-8-13(23)9-27-19(15)31/h8-10,14H,2-7,11-12H2,1H3,(H,29,33)/t14-,21-/m0/s1. The number of H-pyrrole nitrogens is 1. The molecular weight excluding hydrogens is 535 g/mol. The minimum atomic E-state index is -4.93.